The van der Waals surface area contributed by atoms with Gasteiger partial charge in [-0.2, -0.15) is 5.10 Å². The summed E-state index contributed by atoms with van der Waals surface area (Å²) >= 11 is 0. The third-order valence-electron chi connectivity index (χ3n) is 3.79. The van der Waals surface area contributed by atoms with E-state index < -0.39 is 0 Å². The van der Waals surface area contributed by atoms with Crippen molar-refractivity contribution in [3.8, 4) is 22.8 Å². The molecule has 2 heterocycles. The quantitative estimate of drug-likeness (QED) is 0.908. The molecular formula is C15H15N3O3. The van der Waals surface area contributed by atoms with Gasteiger partial charge in [0.25, 0.3) is 0 Å². The molecule has 6 heteroatoms. The van der Waals surface area contributed by atoms with Crippen molar-refractivity contribution in [1.29, 1.82) is 0 Å². The van der Waals surface area contributed by atoms with E-state index >= 15 is 0 Å². The molecule has 0 spiro atoms. The molecule has 0 saturated heterocycles. The minimum absolute atomic E-state index is 0.0708. The molecule has 6 nitrogen and oxygen atoms in total. The topological polar surface area (TPSA) is 76.2 Å². The zero-order chi connectivity index (χ0) is 14.4. The summed E-state index contributed by atoms with van der Waals surface area (Å²) in [4.78, 5) is 12.0. The van der Waals surface area contributed by atoms with E-state index in [1.165, 1.54) is 0 Å². The van der Waals surface area contributed by atoms with E-state index in [4.69, 9.17) is 9.47 Å². The summed E-state index contributed by atoms with van der Waals surface area (Å²) in [5.41, 5.74) is 3.19. The molecule has 2 aliphatic rings. The lowest BCUT2D eigenvalue weighted by atomic mass is 10.1. The van der Waals surface area contributed by atoms with Crippen LogP contribution < -0.4 is 14.8 Å². The number of nitrogens with zero attached hydrogens (tertiary/aromatic N) is 1. The van der Waals surface area contributed by atoms with Crippen molar-refractivity contribution >= 4 is 11.6 Å². The first kappa shape index (κ1) is 12.3. The number of carbonyl (C=O) groups excluding carboxylic acids is 1. The number of benzene rings is 1. The number of aromatic amines is 1. The van der Waals surface area contributed by atoms with Crippen LogP contribution in [-0.4, -0.2) is 22.9 Å². The largest absolute Gasteiger partial charge is 0.454 e. The molecule has 1 amide bonds. The van der Waals surface area contributed by atoms with E-state index in [9.17, 15) is 4.79 Å². The number of rotatable bonds is 3. The number of amides is 1. The Morgan fingerprint density at radius 3 is 2.95 bits per heavy atom. The number of aromatic nitrogens is 2. The number of hydrogen-bond donors (Lipinski definition) is 2. The Hall–Kier alpha value is -2.50. The fraction of sp³-hybridized carbons (Fsp3) is 0.333. The van der Waals surface area contributed by atoms with Crippen LogP contribution in [0.15, 0.2) is 18.2 Å². The molecule has 1 aromatic heterocycles. The second kappa shape index (κ2) is 4.51. The van der Waals surface area contributed by atoms with Crippen LogP contribution in [0, 0.1) is 12.8 Å². The lowest BCUT2D eigenvalue weighted by Crippen LogP contribution is -2.14. The van der Waals surface area contributed by atoms with Crippen LogP contribution in [0.5, 0.6) is 11.5 Å². The summed E-state index contributed by atoms with van der Waals surface area (Å²) in [7, 11) is 0. The molecule has 1 saturated carbocycles. The van der Waals surface area contributed by atoms with Crippen molar-refractivity contribution in [3.63, 3.8) is 0 Å². The first-order chi connectivity index (χ1) is 10.2. The summed E-state index contributed by atoms with van der Waals surface area (Å²) < 4.78 is 10.7. The monoisotopic (exact) mass is 285 g/mol. The highest BCUT2D eigenvalue weighted by molar-refractivity contribution is 5.98. The van der Waals surface area contributed by atoms with Gasteiger partial charge in [-0.1, -0.05) is 0 Å². The zero-order valence-corrected chi connectivity index (χ0v) is 11.6. The number of aryl methyl sites for hydroxylation is 1. The first-order valence-electron chi connectivity index (χ1n) is 6.98. The van der Waals surface area contributed by atoms with E-state index in [2.05, 4.69) is 15.5 Å². The van der Waals surface area contributed by atoms with Crippen LogP contribution in [-0.2, 0) is 4.79 Å². The van der Waals surface area contributed by atoms with Crippen molar-refractivity contribution in [2.24, 2.45) is 5.92 Å². The number of H-pyrrole nitrogens is 1. The maximum atomic E-state index is 12.0. The average Bonchev–Trinajstić information content (AvgIpc) is 3.14. The first-order valence-corrected chi connectivity index (χ1v) is 6.98. The molecule has 0 bridgehead atoms. The van der Waals surface area contributed by atoms with Crippen LogP contribution in [0.2, 0.25) is 0 Å². The van der Waals surface area contributed by atoms with Gasteiger partial charge >= 0.3 is 0 Å². The van der Waals surface area contributed by atoms with Crippen LogP contribution in [0.1, 0.15) is 18.5 Å². The van der Waals surface area contributed by atoms with E-state index in [0.717, 1.165) is 41.2 Å². The van der Waals surface area contributed by atoms with Crippen molar-refractivity contribution < 1.29 is 14.3 Å². The molecule has 4 rings (SSSR count). The van der Waals surface area contributed by atoms with Crippen molar-refractivity contribution in [2.45, 2.75) is 19.8 Å². The van der Waals surface area contributed by atoms with E-state index in [-0.39, 0.29) is 18.6 Å². The van der Waals surface area contributed by atoms with Gasteiger partial charge in [0.15, 0.2) is 11.5 Å². The van der Waals surface area contributed by atoms with Gasteiger partial charge in [-0.3, -0.25) is 9.89 Å². The molecule has 1 aliphatic carbocycles. The zero-order valence-electron chi connectivity index (χ0n) is 11.6. The van der Waals surface area contributed by atoms with Crippen molar-refractivity contribution in [3.05, 3.63) is 23.9 Å². The number of fused-ring (bicyclic) bond motifs is 1. The minimum Gasteiger partial charge on any atom is -0.454 e. The van der Waals surface area contributed by atoms with E-state index in [1.54, 1.807) is 0 Å². The molecule has 2 aromatic rings. The van der Waals surface area contributed by atoms with Crippen LogP contribution in [0.3, 0.4) is 0 Å². The molecule has 0 radical (unpaired) electrons. The van der Waals surface area contributed by atoms with E-state index in [0.29, 0.717) is 5.75 Å². The minimum atomic E-state index is 0.0708. The van der Waals surface area contributed by atoms with Crippen LogP contribution in [0.4, 0.5) is 5.69 Å². The Kier molecular flexibility index (Phi) is 2.63. The third-order valence-corrected chi connectivity index (χ3v) is 3.79. The van der Waals surface area contributed by atoms with Gasteiger partial charge in [0.05, 0.1) is 11.4 Å². The standard InChI is InChI=1S/C15H15N3O3/c1-8-13(16-15(19)9-2-3-9)14(18-17-8)10-4-5-11-12(6-10)21-7-20-11/h4-6,9H,2-3,7H2,1H3,(H,16,19)(H,17,18). The number of anilines is 1. The van der Waals surface area contributed by atoms with Gasteiger partial charge < -0.3 is 14.8 Å². The Bertz CT molecular complexity index is 719. The summed E-state index contributed by atoms with van der Waals surface area (Å²) in [6.45, 7) is 2.13. The highest BCUT2D eigenvalue weighted by atomic mass is 16.7. The Morgan fingerprint density at radius 1 is 1.33 bits per heavy atom. The van der Waals surface area contributed by atoms with Crippen molar-refractivity contribution in [1.82, 2.24) is 10.2 Å². The molecule has 108 valence electrons. The predicted molar refractivity (Wildman–Crippen MR) is 76.2 cm³/mol. The SMILES string of the molecule is Cc1[nH]nc(-c2ccc3c(c2)OCO3)c1NC(=O)C1CC1. The average molecular weight is 285 g/mol. The lowest BCUT2D eigenvalue weighted by Gasteiger charge is -2.07. The molecule has 0 unspecified atom stereocenters. The molecule has 1 aromatic carbocycles. The number of nitrogens with one attached hydrogen (secondary N) is 2. The molecule has 1 aliphatic heterocycles. The van der Waals surface area contributed by atoms with E-state index in [1.807, 2.05) is 25.1 Å². The predicted octanol–water partition coefficient (Wildman–Crippen LogP) is 2.46. The molecule has 0 atom stereocenters. The van der Waals surface area contributed by atoms with Gasteiger partial charge in [0, 0.05) is 11.5 Å². The maximum Gasteiger partial charge on any atom is 0.231 e. The van der Waals surface area contributed by atoms with Gasteiger partial charge in [-0.25, -0.2) is 0 Å². The third kappa shape index (κ3) is 2.12. The lowest BCUT2D eigenvalue weighted by molar-refractivity contribution is -0.117. The summed E-state index contributed by atoms with van der Waals surface area (Å²) in [6, 6.07) is 5.65. The maximum absolute atomic E-state index is 12.0. The fourth-order valence-electron chi connectivity index (χ4n) is 2.41. The molecule has 1 fully saturated rings. The summed E-state index contributed by atoms with van der Waals surface area (Å²) in [6.07, 6.45) is 1.95. The van der Waals surface area contributed by atoms with Crippen molar-refractivity contribution in [2.75, 3.05) is 12.1 Å². The number of carbonyl (C=O) groups is 1. The highest BCUT2D eigenvalue weighted by Gasteiger charge is 2.31. The number of ether oxygens (including phenoxy) is 2. The fourth-order valence-corrected chi connectivity index (χ4v) is 2.41. The molecule has 2 N–H and O–H groups in total. The summed E-state index contributed by atoms with van der Waals surface area (Å²) in [5.74, 6) is 1.66. The van der Waals surface area contributed by atoms with Crippen LogP contribution >= 0.6 is 0 Å². The smallest absolute Gasteiger partial charge is 0.231 e. The van der Waals surface area contributed by atoms with Gasteiger partial charge in [0.2, 0.25) is 12.7 Å². The van der Waals surface area contributed by atoms with Gasteiger partial charge in [-0.15, -0.1) is 0 Å². The van der Waals surface area contributed by atoms with Gasteiger partial charge in [-0.05, 0) is 38.0 Å². The Labute approximate surface area is 121 Å². The van der Waals surface area contributed by atoms with Crippen LogP contribution in [0.25, 0.3) is 11.3 Å². The molecular weight excluding hydrogens is 270 g/mol. The Morgan fingerprint density at radius 2 is 2.14 bits per heavy atom. The summed E-state index contributed by atoms with van der Waals surface area (Å²) in [5, 5.41) is 10.2. The molecule has 21 heavy (non-hydrogen) atoms. The normalized spacial score (nSPS) is 16.0. The number of hydrogen-bond acceptors (Lipinski definition) is 4. The van der Waals surface area contributed by atoms with Gasteiger partial charge in [0.1, 0.15) is 5.69 Å². The Balaban J connectivity index is 1.69. The second-order valence-corrected chi connectivity index (χ2v) is 5.40. The second-order valence-electron chi connectivity index (χ2n) is 5.40. The highest BCUT2D eigenvalue weighted by Crippen LogP contribution is 2.38.